The third-order valence-corrected chi connectivity index (χ3v) is 3.80. The van der Waals surface area contributed by atoms with Crippen LogP contribution in [0, 0.1) is 0 Å². The van der Waals surface area contributed by atoms with Crippen molar-refractivity contribution >= 4 is 0 Å². The van der Waals surface area contributed by atoms with Crippen molar-refractivity contribution in [1.29, 1.82) is 0 Å². The molecule has 1 aromatic heterocycles. The van der Waals surface area contributed by atoms with E-state index in [2.05, 4.69) is 67.4 Å². The first kappa shape index (κ1) is 14.4. The van der Waals surface area contributed by atoms with Gasteiger partial charge in [0, 0.05) is 18.6 Å². The molecule has 1 N–H and O–H groups in total. The van der Waals surface area contributed by atoms with Crippen LogP contribution < -0.4 is 5.32 Å². The minimum absolute atomic E-state index is 0.115. The van der Waals surface area contributed by atoms with Gasteiger partial charge < -0.3 is 9.73 Å². The first-order chi connectivity index (χ1) is 9.99. The molecule has 112 valence electrons. The van der Waals surface area contributed by atoms with Crippen LogP contribution in [0.2, 0.25) is 0 Å². The van der Waals surface area contributed by atoms with Crippen molar-refractivity contribution in [2.75, 3.05) is 0 Å². The van der Waals surface area contributed by atoms with Gasteiger partial charge in [0.2, 0.25) is 0 Å². The van der Waals surface area contributed by atoms with Crippen LogP contribution in [-0.2, 0) is 26.2 Å². The summed E-state index contributed by atoms with van der Waals surface area (Å²) in [6.07, 6.45) is 0. The van der Waals surface area contributed by atoms with Gasteiger partial charge >= 0.3 is 0 Å². The second kappa shape index (κ2) is 5.66. The van der Waals surface area contributed by atoms with Gasteiger partial charge in [-0.15, -0.1) is 0 Å². The second-order valence-corrected chi connectivity index (χ2v) is 6.89. The third kappa shape index (κ3) is 3.74. The van der Waals surface area contributed by atoms with Crippen molar-refractivity contribution in [2.45, 2.75) is 52.5 Å². The smallest absolute Gasteiger partial charge is 0.118 e. The Kier molecular flexibility index (Phi) is 3.87. The first-order valence-corrected chi connectivity index (χ1v) is 7.61. The molecule has 0 saturated heterocycles. The van der Waals surface area contributed by atoms with Crippen LogP contribution in [0.4, 0.5) is 0 Å². The summed E-state index contributed by atoms with van der Waals surface area (Å²) in [5.74, 6) is 2.06. The lowest BCUT2D eigenvalue weighted by Gasteiger charge is -2.19. The van der Waals surface area contributed by atoms with E-state index in [0.717, 1.165) is 37.7 Å². The maximum Gasteiger partial charge on any atom is 0.118 e. The lowest BCUT2D eigenvalue weighted by molar-refractivity contribution is 0.246. The minimum atomic E-state index is 0.115. The van der Waals surface area contributed by atoms with Crippen LogP contribution in [0.5, 0.6) is 0 Å². The Morgan fingerprint density at radius 3 is 2.24 bits per heavy atom. The van der Waals surface area contributed by atoms with Gasteiger partial charge in [-0.05, 0) is 44.0 Å². The standard InChI is InChI=1S/C18H24N2O/c1-18(2,3)19-10-16-8-9-17(21-16)13-20-11-14-6-4-5-7-15(14)12-20/h4-9,19H,10-13H2,1-3H3. The summed E-state index contributed by atoms with van der Waals surface area (Å²) < 4.78 is 5.94. The van der Waals surface area contributed by atoms with Gasteiger partial charge in [0.1, 0.15) is 11.5 Å². The van der Waals surface area contributed by atoms with Crippen molar-refractivity contribution in [3.05, 3.63) is 59.0 Å². The Morgan fingerprint density at radius 1 is 1.00 bits per heavy atom. The van der Waals surface area contributed by atoms with Crippen molar-refractivity contribution in [1.82, 2.24) is 10.2 Å². The zero-order chi connectivity index (χ0) is 14.9. The first-order valence-electron chi connectivity index (χ1n) is 7.61. The molecule has 2 heterocycles. The molecule has 1 aliphatic rings. The summed E-state index contributed by atoms with van der Waals surface area (Å²) in [6.45, 7) is 10.2. The molecule has 0 bridgehead atoms. The Hall–Kier alpha value is -1.58. The van der Waals surface area contributed by atoms with Crippen molar-refractivity contribution in [2.24, 2.45) is 0 Å². The van der Waals surface area contributed by atoms with Crippen LogP contribution in [-0.4, -0.2) is 10.4 Å². The zero-order valence-electron chi connectivity index (χ0n) is 13.1. The molecule has 0 saturated carbocycles. The van der Waals surface area contributed by atoms with E-state index in [1.807, 2.05) is 0 Å². The van der Waals surface area contributed by atoms with E-state index < -0.39 is 0 Å². The Labute approximate surface area is 127 Å². The highest BCUT2D eigenvalue weighted by Gasteiger charge is 2.19. The predicted molar refractivity (Wildman–Crippen MR) is 84.7 cm³/mol. The summed E-state index contributed by atoms with van der Waals surface area (Å²) in [4.78, 5) is 2.42. The lowest BCUT2D eigenvalue weighted by atomic mass is 10.1. The van der Waals surface area contributed by atoms with Crippen LogP contribution in [0.25, 0.3) is 0 Å². The van der Waals surface area contributed by atoms with Crippen molar-refractivity contribution < 1.29 is 4.42 Å². The van der Waals surface area contributed by atoms with Gasteiger partial charge in [-0.1, -0.05) is 24.3 Å². The quantitative estimate of drug-likeness (QED) is 0.928. The molecule has 21 heavy (non-hydrogen) atoms. The van der Waals surface area contributed by atoms with Crippen molar-refractivity contribution in [3.63, 3.8) is 0 Å². The molecule has 0 aliphatic carbocycles. The van der Waals surface area contributed by atoms with E-state index >= 15 is 0 Å². The summed E-state index contributed by atoms with van der Waals surface area (Å²) in [5, 5.41) is 3.45. The molecule has 3 heteroatoms. The monoisotopic (exact) mass is 284 g/mol. The number of nitrogens with zero attached hydrogens (tertiary/aromatic N) is 1. The third-order valence-electron chi connectivity index (χ3n) is 3.80. The molecule has 0 radical (unpaired) electrons. The predicted octanol–water partition coefficient (Wildman–Crippen LogP) is 3.68. The number of nitrogens with one attached hydrogen (secondary N) is 1. The molecule has 2 aromatic rings. The highest BCUT2D eigenvalue weighted by molar-refractivity contribution is 5.30. The van der Waals surface area contributed by atoms with Gasteiger partial charge in [-0.3, -0.25) is 4.90 Å². The van der Waals surface area contributed by atoms with Gasteiger partial charge in [0.25, 0.3) is 0 Å². The molecule has 0 spiro atoms. The molecule has 0 amide bonds. The van der Waals surface area contributed by atoms with E-state index in [4.69, 9.17) is 4.42 Å². The average molecular weight is 284 g/mol. The second-order valence-electron chi connectivity index (χ2n) is 6.89. The van der Waals surface area contributed by atoms with E-state index in [9.17, 15) is 0 Å². The SMILES string of the molecule is CC(C)(C)NCc1ccc(CN2Cc3ccccc3C2)o1. The van der Waals surface area contributed by atoms with Gasteiger partial charge in [0.05, 0.1) is 13.1 Å². The normalized spacial score (nSPS) is 15.4. The molecule has 1 aromatic carbocycles. The Bertz CT molecular complexity index is 585. The van der Waals surface area contributed by atoms with Crippen LogP contribution in [0.3, 0.4) is 0 Å². The van der Waals surface area contributed by atoms with Crippen molar-refractivity contribution in [3.8, 4) is 0 Å². The van der Waals surface area contributed by atoms with E-state index in [0.29, 0.717) is 0 Å². The Balaban J connectivity index is 1.56. The molecule has 3 nitrogen and oxygen atoms in total. The molecule has 1 aliphatic heterocycles. The number of benzene rings is 1. The summed E-state index contributed by atoms with van der Waals surface area (Å²) in [5.41, 5.74) is 3.00. The molecular weight excluding hydrogens is 260 g/mol. The minimum Gasteiger partial charge on any atom is -0.463 e. The summed E-state index contributed by atoms with van der Waals surface area (Å²) in [6, 6.07) is 12.9. The number of hydrogen-bond acceptors (Lipinski definition) is 3. The zero-order valence-corrected chi connectivity index (χ0v) is 13.1. The molecule has 0 atom stereocenters. The number of rotatable bonds is 4. The van der Waals surface area contributed by atoms with E-state index in [1.165, 1.54) is 11.1 Å². The fraction of sp³-hybridized carbons (Fsp3) is 0.444. The molecule has 3 rings (SSSR count). The maximum absolute atomic E-state index is 5.94. The number of hydrogen-bond donors (Lipinski definition) is 1. The summed E-state index contributed by atoms with van der Waals surface area (Å²) in [7, 11) is 0. The molecule has 0 unspecified atom stereocenters. The van der Waals surface area contributed by atoms with E-state index in [1.54, 1.807) is 0 Å². The fourth-order valence-electron chi connectivity index (χ4n) is 2.69. The number of furan rings is 1. The molecule has 0 fully saturated rings. The summed E-state index contributed by atoms with van der Waals surface area (Å²) >= 11 is 0. The lowest BCUT2D eigenvalue weighted by Crippen LogP contribution is -2.34. The van der Waals surface area contributed by atoms with Gasteiger partial charge in [-0.25, -0.2) is 0 Å². The Morgan fingerprint density at radius 2 is 1.62 bits per heavy atom. The maximum atomic E-state index is 5.94. The molecular formula is C18H24N2O. The van der Waals surface area contributed by atoms with Gasteiger partial charge in [0.15, 0.2) is 0 Å². The van der Waals surface area contributed by atoms with Gasteiger partial charge in [-0.2, -0.15) is 0 Å². The van der Waals surface area contributed by atoms with Crippen LogP contribution in [0.1, 0.15) is 43.4 Å². The fourth-order valence-corrected chi connectivity index (χ4v) is 2.69. The average Bonchev–Trinajstić information content (AvgIpc) is 3.01. The highest BCUT2D eigenvalue weighted by atomic mass is 16.3. The largest absolute Gasteiger partial charge is 0.463 e. The van der Waals surface area contributed by atoms with E-state index in [-0.39, 0.29) is 5.54 Å². The topological polar surface area (TPSA) is 28.4 Å². The number of fused-ring (bicyclic) bond motifs is 1. The van der Waals surface area contributed by atoms with Crippen LogP contribution >= 0.6 is 0 Å². The highest BCUT2D eigenvalue weighted by Crippen LogP contribution is 2.24. The van der Waals surface area contributed by atoms with Crippen LogP contribution in [0.15, 0.2) is 40.8 Å².